The van der Waals surface area contributed by atoms with Crippen molar-refractivity contribution in [3.63, 3.8) is 0 Å². The van der Waals surface area contributed by atoms with Gasteiger partial charge in [0.05, 0.1) is 6.10 Å². The van der Waals surface area contributed by atoms with E-state index in [1.54, 1.807) is 6.07 Å². The van der Waals surface area contributed by atoms with Crippen LogP contribution >= 0.6 is 12.4 Å². The molecule has 0 unspecified atom stereocenters. The van der Waals surface area contributed by atoms with Crippen molar-refractivity contribution in [2.45, 2.75) is 31.7 Å². The first-order valence-electron chi connectivity index (χ1n) is 6.29. The number of benzene rings is 1. The average Bonchev–Trinajstić information content (AvgIpc) is 2.87. The Labute approximate surface area is 127 Å². The fourth-order valence-electron chi connectivity index (χ4n) is 2.04. The highest BCUT2D eigenvalue weighted by Crippen LogP contribution is 2.22. The third-order valence-corrected chi connectivity index (χ3v) is 2.99. The lowest BCUT2D eigenvalue weighted by Crippen LogP contribution is -2.29. The molecule has 3 N–H and O–H groups in total. The fourth-order valence-corrected chi connectivity index (χ4v) is 2.04. The van der Waals surface area contributed by atoms with Crippen LogP contribution < -0.4 is 15.8 Å². The van der Waals surface area contributed by atoms with Crippen LogP contribution in [0.15, 0.2) is 24.3 Å². The minimum Gasteiger partial charge on any atom is -0.435 e. The Bertz CT molecular complexity index is 476. The highest BCUT2D eigenvalue weighted by molar-refractivity contribution is 5.94. The Morgan fingerprint density at radius 1 is 1.48 bits per heavy atom. The van der Waals surface area contributed by atoms with Crippen molar-refractivity contribution in [1.29, 1.82) is 0 Å². The summed E-state index contributed by atoms with van der Waals surface area (Å²) in [6.07, 6.45) is 0.687. The Kier molecular flexibility index (Phi) is 6.80. The van der Waals surface area contributed by atoms with E-state index in [1.807, 2.05) is 0 Å². The molecule has 2 rings (SSSR count). The van der Waals surface area contributed by atoms with Crippen LogP contribution in [0.2, 0.25) is 0 Å². The van der Waals surface area contributed by atoms with Crippen LogP contribution in [0.5, 0.6) is 5.75 Å². The molecule has 5 nitrogen and oxygen atoms in total. The molecule has 0 saturated carbocycles. The van der Waals surface area contributed by atoms with Crippen molar-refractivity contribution in [3.05, 3.63) is 24.3 Å². The SMILES string of the molecule is Cl.NC[C@H]1CC[C@@H](C(=O)Nc2cccc(OC(F)F)c2)O1. The number of hydrogen-bond donors (Lipinski definition) is 2. The van der Waals surface area contributed by atoms with E-state index in [-0.39, 0.29) is 30.2 Å². The minimum atomic E-state index is -2.90. The van der Waals surface area contributed by atoms with Gasteiger partial charge in [-0.1, -0.05) is 6.07 Å². The summed E-state index contributed by atoms with van der Waals surface area (Å²) < 4.78 is 33.9. The van der Waals surface area contributed by atoms with Gasteiger partial charge in [-0.05, 0) is 25.0 Å². The molecular weight excluding hydrogens is 306 g/mol. The molecule has 0 aliphatic carbocycles. The van der Waals surface area contributed by atoms with Gasteiger partial charge in [-0.25, -0.2) is 0 Å². The number of carbonyl (C=O) groups excluding carboxylic acids is 1. The second kappa shape index (κ2) is 8.11. The smallest absolute Gasteiger partial charge is 0.387 e. The summed E-state index contributed by atoms with van der Waals surface area (Å²) in [7, 11) is 0. The second-order valence-corrected chi connectivity index (χ2v) is 4.46. The molecule has 0 radical (unpaired) electrons. The first-order valence-corrected chi connectivity index (χ1v) is 6.29. The van der Waals surface area contributed by atoms with E-state index in [2.05, 4.69) is 10.1 Å². The van der Waals surface area contributed by atoms with Gasteiger partial charge in [0.1, 0.15) is 11.9 Å². The number of ether oxygens (including phenoxy) is 2. The van der Waals surface area contributed by atoms with Crippen molar-refractivity contribution in [2.75, 3.05) is 11.9 Å². The highest BCUT2D eigenvalue weighted by atomic mass is 35.5. The molecule has 1 saturated heterocycles. The molecule has 1 aliphatic rings. The number of rotatable bonds is 5. The first kappa shape index (κ1) is 17.6. The van der Waals surface area contributed by atoms with Gasteiger partial charge in [0.2, 0.25) is 0 Å². The summed E-state index contributed by atoms with van der Waals surface area (Å²) >= 11 is 0. The van der Waals surface area contributed by atoms with Crippen molar-refractivity contribution in [3.8, 4) is 5.75 Å². The Hall–Kier alpha value is -1.44. The van der Waals surface area contributed by atoms with E-state index in [0.29, 0.717) is 18.7 Å². The lowest BCUT2D eigenvalue weighted by Gasteiger charge is -2.13. The van der Waals surface area contributed by atoms with Crippen LogP contribution in [0, 0.1) is 0 Å². The van der Waals surface area contributed by atoms with E-state index in [4.69, 9.17) is 10.5 Å². The molecular formula is C13H17ClF2N2O3. The second-order valence-electron chi connectivity index (χ2n) is 4.46. The van der Waals surface area contributed by atoms with Crippen molar-refractivity contribution < 1.29 is 23.0 Å². The van der Waals surface area contributed by atoms with Crippen LogP contribution in [-0.2, 0) is 9.53 Å². The third-order valence-electron chi connectivity index (χ3n) is 2.99. The molecule has 1 aromatic rings. The van der Waals surface area contributed by atoms with Crippen LogP contribution in [-0.4, -0.2) is 31.3 Å². The zero-order valence-electron chi connectivity index (χ0n) is 11.1. The van der Waals surface area contributed by atoms with Gasteiger partial charge in [-0.3, -0.25) is 4.79 Å². The molecule has 0 aromatic heterocycles. The molecule has 118 valence electrons. The summed E-state index contributed by atoms with van der Waals surface area (Å²) in [5.41, 5.74) is 5.85. The van der Waals surface area contributed by atoms with Gasteiger partial charge in [-0.15, -0.1) is 12.4 Å². The largest absolute Gasteiger partial charge is 0.435 e. The quantitative estimate of drug-likeness (QED) is 0.871. The molecule has 21 heavy (non-hydrogen) atoms. The van der Waals surface area contributed by atoms with Gasteiger partial charge in [-0.2, -0.15) is 8.78 Å². The number of nitrogens with two attached hydrogens (primary N) is 1. The van der Waals surface area contributed by atoms with Crippen LogP contribution in [0.4, 0.5) is 14.5 Å². The number of nitrogens with one attached hydrogen (secondary N) is 1. The number of amides is 1. The maximum atomic E-state index is 12.1. The van der Waals surface area contributed by atoms with Crippen LogP contribution in [0.1, 0.15) is 12.8 Å². The monoisotopic (exact) mass is 322 g/mol. The average molecular weight is 323 g/mol. The number of halogens is 3. The molecule has 1 amide bonds. The predicted octanol–water partition coefficient (Wildman–Crippen LogP) is 2.15. The van der Waals surface area contributed by atoms with Crippen molar-refractivity contribution in [2.24, 2.45) is 5.73 Å². The normalized spacial score (nSPS) is 21.0. The summed E-state index contributed by atoms with van der Waals surface area (Å²) in [5.74, 6) is -0.319. The van der Waals surface area contributed by atoms with Crippen molar-refractivity contribution >= 4 is 24.0 Å². The summed E-state index contributed by atoms with van der Waals surface area (Å²) in [6, 6.07) is 5.83. The van der Waals surface area contributed by atoms with Crippen LogP contribution in [0.3, 0.4) is 0 Å². The van der Waals surface area contributed by atoms with E-state index in [0.717, 1.165) is 6.42 Å². The van der Waals surface area contributed by atoms with Gasteiger partial charge in [0, 0.05) is 18.3 Å². The van der Waals surface area contributed by atoms with E-state index >= 15 is 0 Å². The number of carbonyl (C=O) groups is 1. The zero-order valence-corrected chi connectivity index (χ0v) is 11.9. The lowest BCUT2D eigenvalue weighted by molar-refractivity contribution is -0.126. The summed E-state index contributed by atoms with van der Waals surface area (Å²) in [5, 5.41) is 2.61. The standard InChI is InChI=1S/C13H16F2N2O3.ClH/c14-13(15)20-9-3-1-2-8(6-9)17-12(18)11-5-4-10(7-16)19-11;/h1-3,6,10-11,13H,4-5,7,16H2,(H,17,18);1H/t10-,11+;/m1./s1. The zero-order chi connectivity index (χ0) is 14.5. The summed E-state index contributed by atoms with van der Waals surface area (Å²) in [6.45, 7) is -2.52. The molecule has 8 heteroatoms. The maximum Gasteiger partial charge on any atom is 0.387 e. The third kappa shape index (κ3) is 5.11. The van der Waals surface area contributed by atoms with Gasteiger partial charge in [0.15, 0.2) is 0 Å². The number of alkyl halides is 2. The Morgan fingerprint density at radius 3 is 2.86 bits per heavy atom. The Balaban J connectivity index is 0.00000220. The van der Waals surface area contributed by atoms with Crippen molar-refractivity contribution in [1.82, 2.24) is 0 Å². The molecule has 1 aromatic carbocycles. The maximum absolute atomic E-state index is 12.1. The number of anilines is 1. The van der Waals surface area contributed by atoms with E-state index < -0.39 is 12.7 Å². The molecule has 1 fully saturated rings. The van der Waals surface area contributed by atoms with E-state index in [9.17, 15) is 13.6 Å². The fraction of sp³-hybridized carbons (Fsp3) is 0.462. The van der Waals surface area contributed by atoms with Gasteiger partial charge >= 0.3 is 6.61 Å². The highest BCUT2D eigenvalue weighted by Gasteiger charge is 2.29. The predicted molar refractivity (Wildman–Crippen MR) is 75.9 cm³/mol. The molecule has 2 atom stereocenters. The summed E-state index contributed by atoms with van der Waals surface area (Å²) in [4.78, 5) is 11.9. The first-order chi connectivity index (χ1) is 9.58. The molecule has 0 spiro atoms. The number of hydrogen-bond acceptors (Lipinski definition) is 4. The minimum absolute atomic E-state index is 0. The lowest BCUT2D eigenvalue weighted by atomic mass is 10.2. The molecule has 1 heterocycles. The topological polar surface area (TPSA) is 73.6 Å². The Morgan fingerprint density at radius 2 is 2.24 bits per heavy atom. The van der Waals surface area contributed by atoms with Crippen LogP contribution in [0.25, 0.3) is 0 Å². The van der Waals surface area contributed by atoms with Gasteiger partial charge < -0.3 is 20.5 Å². The van der Waals surface area contributed by atoms with E-state index in [1.165, 1.54) is 18.2 Å². The molecule has 1 aliphatic heterocycles. The van der Waals surface area contributed by atoms with Gasteiger partial charge in [0.25, 0.3) is 5.91 Å². The molecule has 0 bridgehead atoms.